The van der Waals surface area contributed by atoms with Crippen molar-refractivity contribution in [2.75, 3.05) is 0 Å². The maximum atomic E-state index is 12.7. The largest absolute Gasteiger partial charge is 0.458 e. The van der Waals surface area contributed by atoms with E-state index in [1.54, 1.807) is 24.3 Å². The first-order valence-corrected chi connectivity index (χ1v) is 11.7. The molecule has 0 heterocycles. The summed E-state index contributed by atoms with van der Waals surface area (Å²) in [5, 5.41) is 0.645. The fourth-order valence-corrected chi connectivity index (χ4v) is 6.20. The summed E-state index contributed by atoms with van der Waals surface area (Å²) in [5.41, 5.74) is 0.925. The molecular formula is C25H37ClO2. The van der Waals surface area contributed by atoms with Crippen LogP contribution in [0.5, 0.6) is 0 Å². The molecular weight excluding hydrogens is 368 g/mol. The van der Waals surface area contributed by atoms with Gasteiger partial charge in [0, 0.05) is 10.9 Å². The number of carbonyl (C=O) groups is 1. The molecule has 0 saturated heterocycles. The molecule has 0 radical (unpaired) electrons. The molecule has 2 nitrogen and oxygen atoms in total. The summed E-state index contributed by atoms with van der Waals surface area (Å²) in [6.45, 7) is 9.58. The Balaban J connectivity index is 1.64. The van der Waals surface area contributed by atoms with E-state index < -0.39 is 0 Å². The molecule has 0 unspecified atom stereocenters. The normalized spacial score (nSPS) is 30.9. The van der Waals surface area contributed by atoms with Crippen LogP contribution in [0.1, 0.15) is 89.4 Å². The Morgan fingerprint density at radius 3 is 2.54 bits per heavy atom. The maximum Gasteiger partial charge on any atom is 0.338 e. The molecule has 1 aromatic rings. The Kier molecular flexibility index (Phi) is 7.12. The van der Waals surface area contributed by atoms with E-state index in [0.29, 0.717) is 21.9 Å². The summed E-state index contributed by atoms with van der Waals surface area (Å²) in [7, 11) is 0. The first-order chi connectivity index (χ1) is 13.3. The highest BCUT2D eigenvalue weighted by Crippen LogP contribution is 2.58. The second-order valence-corrected chi connectivity index (χ2v) is 10.4. The van der Waals surface area contributed by atoms with E-state index in [2.05, 4.69) is 27.7 Å². The van der Waals surface area contributed by atoms with Gasteiger partial charge in [-0.15, -0.1) is 0 Å². The first kappa shape index (κ1) is 21.7. The molecule has 156 valence electrons. The van der Waals surface area contributed by atoms with Crippen molar-refractivity contribution < 1.29 is 9.53 Å². The van der Waals surface area contributed by atoms with Gasteiger partial charge in [0.05, 0.1) is 5.56 Å². The summed E-state index contributed by atoms with van der Waals surface area (Å²) in [4.78, 5) is 12.7. The van der Waals surface area contributed by atoms with Gasteiger partial charge in [0.25, 0.3) is 0 Å². The number of halogens is 1. The molecule has 0 aromatic heterocycles. The van der Waals surface area contributed by atoms with E-state index in [1.807, 2.05) is 0 Å². The third-order valence-electron chi connectivity index (χ3n) is 7.60. The molecule has 28 heavy (non-hydrogen) atoms. The van der Waals surface area contributed by atoms with Crippen LogP contribution in [0, 0.1) is 29.1 Å². The minimum absolute atomic E-state index is 0.0646. The van der Waals surface area contributed by atoms with Crippen molar-refractivity contribution in [1.29, 1.82) is 0 Å². The van der Waals surface area contributed by atoms with Crippen LogP contribution in [0.2, 0.25) is 5.02 Å². The molecule has 0 spiro atoms. The quantitative estimate of drug-likeness (QED) is 0.438. The number of carbonyl (C=O) groups excluding carboxylic acids is 1. The lowest BCUT2D eigenvalue weighted by molar-refractivity contribution is -0.0473. The van der Waals surface area contributed by atoms with Crippen LogP contribution in [-0.4, -0.2) is 12.1 Å². The van der Waals surface area contributed by atoms with Gasteiger partial charge in [-0.05, 0) is 79.5 Å². The highest BCUT2D eigenvalue weighted by atomic mass is 35.5. The van der Waals surface area contributed by atoms with Crippen LogP contribution in [0.25, 0.3) is 0 Å². The van der Waals surface area contributed by atoms with E-state index in [-0.39, 0.29) is 12.1 Å². The van der Waals surface area contributed by atoms with Crippen LogP contribution < -0.4 is 0 Å². The van der Waals surface area contributed by atoms with E-state index in [9.17, 15) is 4.79 Å². The lowest BCUT2D eigenvalue weighted by atomic mass is 9.61. The number of benzene rings is 1. The molecule has 0 amide bonds. The average Bonchev–Trinajstić information content (AvgIpc) is 3.00. The average molecular weight is 405 g/mol. The van der Waals surface area contributed by atoms with Crippen LogP contribution in [-0.2, 0) is 4.74 Å². The minimum atomic E-state index is -0.195. The molecule has 5 atom stereocenters. The predicted molar refractivity (Wildman–Crippen MR) is 117 cm³/mol. The monoisotopic (exact) mass is 404 g/mol. The molecule has 2 aliphatic carbocycles. The maximum absolute atomic E-state index is 12.7. The summed E-state index contributed by atoms with van der Waals surface area (Å²) in [5.74, 6) is 2.64. The van der Waals surface area contributed by atoms with Crippen molar-refractivity contribution >= 4 is 17.6 Å². The topological polar surface area (TPSA) is 26.3 Å². The fraction of sp³-hybridized carbons (Fsp3) is 0.720. The number of fused-ring (bicyclic) bond motifs is 1. The Morgan fingerprint density at radius 2 is 1.86 bits per heavy atom. The Bertz CT molecular complexity index is 653. The number of esters is 1. The summed E-state index contributed by atoms with van der Waals surface area (Å²) in [6, 6.07) is 7.04. The van der Waals surface area contributed by atoms with Gasteiger partial charge in [-0.3, -0.25) is 0 Å². The third-order valence-corrected chi connectivity index (χ3v) is 7.85. The molecule has 0 aliphatic heterocycles. The van der Waals surface area contributed by atoms with Gasteiger partial charge in [-0.1, -0.05) is 58.6 Å². The zero-order valence-corrected chi connectivity index (χ0v) is 18.8. The van der Waals surface area contributed by atoms with Gasteiger partial charge in [-0.2, -0.15) is 0 Å². The second kappa shape index (κ2) is 9.20. The number of hydrogen-bond acceptors (Lipinski definition) is 2. The smallest absolute Gasteiger partial charge is 0.338 e. The molecule has 2 aliphatic rings. The number of hydrogen-bond donors (Lipinski definition) is 0. The minimum Gasteiger partial charge on any atom is -0.458 e. The summed E-state index contributed by atoms with van der Waals surface area (Å²) < 4.78 is 6.06. The van der Waals surface area contributed by atoms with Crippen molar-refractivity contribution in [2.45, 2.75) is 85.2 Å². The van der Waals surface area contributed by atoms with E-state index in [0.717, 1.165) is 24.2 Å². The second-order valence-electron chi connectivity index (χ2n) is 9.94. The van der Waals surface area contributed by atoms with Gasteiger partial charge in [0.15, 0.2) is 0 Å². The van der Waals surface area contributed by atoms with Gasteiger partial charge >= 0.3 is 5.97 Å². The van der Waals surface area contributed by atoms with E-state index >= 15 is 0 Å². The Morgan fingerprint density at radius 1 is 1.14 bits per heavy atom. The van der Waals surface area contributed by atoms with Gasteiger partial charge in [-0.25, -0.2) is 4.79 Å². The van der Waals surface area contributed by atoms with Crippen molar-refractivity contribution in [1.82, 2.24) is 0 Å². The van der Waals surface area contributed by atoms with E-state index in [4.69, 9.17) is 16.3 Å². The number of ether oxygens (including phenoxy) is 1. The molecule has 2 fully saturated rings. The zero-order valence-electron chi connectivity index (χ0n) is 18.0. The van der Waals surface area contributed by atoms with Crippen molar-refractivity contribution in [3.8, 4) is 0 Å². The summed E-state index contributed by atoms with van der Waals surface area (Å²) in [6.07, 6.45) is 10.0. The predicted octanol–water partition coefficient (Wildman–Crippen LogP) is 7.54. The molecule has 1 aromatic carbocycles. The van der Waals surface area contributed by atoms with Gasteiger partial charge < -0.3 is 4.74 Å². The zero-order chi connectivity index (χ0) is 20.3. The van der Waals surface area contributed by atoms with Crippen molar-refractivity contribution in [2.24, 2.45) is 29.1 Å². The highest BCUT2D eigenvalue weighted by Gasteiger charge is 2.53. The van der Waals surface area contributed by atoms with Crippen LogP contribution in [0.4, 0.5) is 0 Å². The highest BCUT2D eigenvalue weighted by molar-refractivity contribution is 6.30. The fourth-order valence-electron chi connectivity index (χ4n) is 6.08. The summed E-state index contributed by atoms with van der Waals surface area (Å²) >= 11 is 5.95. The Hall–Kier alpha value is -1.02. The van der Waals surface area contributed by atoms with Crippen LogP contribution >= 0.6 is 11.6 Å². The molecule has 3 rings (SSSR count). The van der Waals surface area contributed by atoms with Crippen molar-refractivity contribution in [3.05, 3.63) is 34.9 Å². The molecule has 0 N–H and O–H groups in total. The van der Waals surface area contributed by atoms with Gasteiger partial charge in [0.1, 0.15) is 6.10 Å². The molecule has 3 heteroatoms. The SMILES string of the molecule is CC(C)CCC[C@@H](C)[C@H]1CC[C@H]2[C@@H](OC(=O)c3ccc(Cl)cc3)CCC[C@]12C. The standard InChI is InChI=1S/C25H37ClO2/c1-17(2)7-5-8-18(3)21-14-15-22-23(9-6-16-25(21,22)4)28-24(27)19-10-12-20(26)13-11-19/h10-13,17-18,21-23H,5-9,14-16H2,1-4H3/t18-,21-,22+,23+,25-/m1/s1. The van der Waals surface area contributed by atoms with Crippen LogP contribution in [0.15, 0.2) is 24.3 Å². The van der Waals surface area contributed by atoms with Crippen molar-refractivity contribution in [3.63, 3.8) is 0 Å². The first-order valence-electron chi connectivity index (χ1n) is 11.3. The van der Waals surface area contributed by atoms with E-state index in [1.165, 1.54) is 44.9 Å². The van der Waals surface area contributed by atoms with Gasteiger partial charge in [0.2, 0.25) is 0 Å². The number of rotatable bonds is 7. The molecule has 0 bridgehead atoms. The van der Waals surface area contributed by atoms with Crippen LogP contribution in [0.3, 0.4) is 0 Å². The lowest BCUT2D eigenvalue weighted by Gasteiger charge is -2.46. The molecule has 2 saturated carbocycles. The Labute approximate surface area is 176 Å². The lowest BCUT2D eigenvalue weighted by Crippen LogP contribution is -2.43. The third kappa shape index (κ3) is 4.75.